The van der Waals surface area contributed by atoms with E-state index in [4.69, 9.17) is 9.47 Å². The molecule has 5 heteroatoms. The van der Waals surface area contributed by atoms with Gasteiger partial charge >= 0.3 is 0 Å². The van der Waals surface area contributed by atoms with Crippen molar-refractivity contribution in [1.82, 2.24) is 10.6 Å². The number of benzene rings is 1. The van der Waals surface area contributed by atoms with Gasteiger partial charge in [-0.1, -0.05) is 13.0 Å². The number of carbonyl (C=O) groups excluding carboxylic acids is 1. The van der Waals surface area contributed by atoms with E-state index in [1.54, 1.807) is 0 Å². The van der Waals surface area contributed by atoms with Gasteiger partial charge in [0.05, 0.1) is 6.10 Å². The van der Waals surface area contributed by atoms with Crippen molar-refractivity contribution >= 4 is 5.91 Å². The minimum absolute atomic E-state index is 0.0219. The number of ether oxygens (including phenoxy) is 2. The Kier molecular flexibility index (Phi) is 5.51. The summed E-state index contributed by atoms with van der Waals surface area (Å²) in [6, 6.07) is 7.64. The Morgan fingerprint density at radius 2 is 2.35 bits per heavy atom. The Bertz CT molecular complexity index is 529. The molecule has 2 fully saturated rings. The fourth-order valence-corrected chi connectivity index (χ4v) is 3.17. The number of piperidine rings is 1. The normalized spacial score (nSPS) is 27.6. The quantitative estimate of drug-likeness (QED) is 0.871. The lowest BCUT2D eigenvalue weighted by Crippen LogP contribution is -2.48. The lowest BCUT2D eigenvalue weighted by Gasteiger charge is -2.30. The summed E-state index contributed by atoms with van der Waals surface area (Å²) >= 11 is 0. The van der Waals surface area contributed by atoms with Crippen LogP contribution in [0.1, 0.15) is 36.5 Å². The molecule has 2 aliphatic rings. The van der Waals surface area contributed by atoms with Crippen LogP contribution < -0.4 is 15.4 Å². The molecule has 0 aliphatic carbocycles. The van der Waals surface area contributed by atoms with Crippen molar-refractivity contribution in [2.45, 2.75) is 38.3 Å². The second-order valence-corrected chi connectivity index (χ2v) is 6.52. The molecule has 0 aromatic heterocycles. The molecule has 1 aromatic carbocycles. The molecule has 2 saturated heterocycles. The first kappa shape index (κ1) is 16.3. The van der Waals surface area contributed by atoms with Crippen LogP contribution >= 0.6 is 0 Å². The van der Waals surface area contributed by atoms with Gasteiger partial charge in [-0.3, -0.25) is 4.79 Å². The minimum Gasteiger partial charge on any atom is -0.491 e. The summed E-state index contributed by atoms with van der Waals surface area (Å²) in [4.78, 5) is 12.5. The van der Waals surface area contributed by atoms with Gasteiger partial charge in [-0.25, -0.2) is 0 Å². The van der Waals surface area contributed by atoms with E-state index in [0.717, 1.165) is 44.7 Å². The maximum absolute atomic E-state index is 12.5. The Morgan fingerprint density at radius 1 is 1.43 bits per heavy atom. The summed E-state index contributed by atoms with van der Waals surface area (Å²) in [5.74, 6) is 1.16. The van der Waals surface area contributed by atoms with Crippen molar-refractivity contribution in [2.75, 3.05) is 26.3 Å². The number of nitrogens with one attached hydrogen (secondary N) is 2. The molecule has 126 valence electrons. The van der Waals surface area contributed by atoms with E-state index >= 15 is 0 Å². The zero-order valence-electron chi connectivity index (χ0n) is 13.7. The van der Waals surface area contributed by atoms with Crippen LogP contribution in [-0.4, -0.2) is 44.4 Å². The number of amides is 1. The van der Waals surface area contributed by atoms with Crippen LogP contribution in [0.5, 0.6) is 5.75 Å². The van der Waals surface area contributed by atoms with E-state index in [1.165, 1.54) is 0 Å². The third-order valence-electron chi connectivity index (χ3n) is 4.66. The summed E-state index contributed by atoms with van der Waals surface area (Å²) in [7, 11) is 0. The molecule has 3 unspecified atom stereocenters. The Balaban J connectivity index is 1.56. The molecule has 1 amide bonds. The van der Waals surface area contributed by atoms with E-state index in [-0.39, 0.29) is 18.1 Å². The minimum atomic E-state index is -0.0219. The van der Waals surface area contributed by atoms with Crippen LogP contribution in [0.3, 0.4) is 0 Å². The lowest BCUT2D eigenvalue weighted by atomic mass is 9.95. The van der Waals surface area contributed by atoms with E-state index in [0.29, 0.717) is 18.1 Å². The third kappa shape index (κ3) is 4.45. The van der Waals surface area contributed by atoms with Gasteiger partial charge in [-0.15, -0.1) is 0 Å². The second-order valence-electron chi connectivity index (χ2n) is 6.52. The van der Waals surface area contributed by atoms with E-state index in [2.05, 4.69) is 17.6 Å². The van der Waals surface area contributed by atoms with Crippen molar-refractivity contribution in [3.05, 3.63) is 29.8 Å². The van der Waals surface area contributed by atoms with Crippen molar-refractivity contribution < 1.29 is 14.3 Å². The lowest BCUT2D eigenvalue weighted by molar-refractivity contribution is 0.0679. The number of hydrogen-bond acceptors (Lipinski definition) is 4. The monoisotopic (exact) mass is 318 g/mol. The molecule has 3 atom stereocenters. The van der Waals surface area contributed by atoms with E-state index < -0.39 is 0 Å². The number of hydrogen-bond donors (Lipinski definition) is 2. The van der Waals surface area contributed by atoms with Crippen LogP contribution in [0.15, 0.2) is 24.3 Å². The molecule has 2 aliphatic heterocycles. The van der Waals surface area contributed by atoms with Crippen molar-refractivity contribution in [3.8, 4) is 5.75 Å². The van der Waals surface area contributed by atoms with Crippen molar-refractivity contribution in [3.63, 3.8) is 0 Å². The van der Waals surface area contributed by atoms with Gasteiger partial charge in [-0.2, -0.15) is 0 Å². The molecule has 2 heterocycles. The van der Waals surface area contributed by atoms with Gasteiger partial charge in [-0.05, 0) is 56.5 Å². The summed E-state index contributed by atoms with van der Waals surface area (Å²) in [5.41, 5.74) is 0.653. The summed E-state index contributed by atoms with van der Waals surface area (Å²) in [5, 5.41) is 6.50. The predicted octanol–water partition coefficient (Wildman–Crippen LogP) is 1.97. The van der Waals surface area contributed by atoms with Crippen molar-refractivity contribution in [2.24, 2.45) is 5.92 Å². The number of carbonyl (C=O) groups is 1. The molecular weight excluding hydrogens is 292 g/mol. The van der Waals surface area contributed by atoms with Gasteiger partial charge < -0.3 is 20.1 Å². The topological polar surface area (TPSA) is 59.6 Å². The summed E-state index contributed by atoms with van der Waals surface area (Å²) < 4.78 is 11.3. The maximum atomic E-state index is 12.5. The highest BCUT2D eigenvalue weighted by Gasteiger charge is 2.23. The molecule has 5 nitrogen and oxygen atoms in total. The SMILES string of the molecule is CC1CNCCC1NC(=O)c1cccc(OCC2CCCO2)c1. The van der Waals surface area contributed by atoms with Crippen molar-refractivity contribution in [1.29, 1.82) is 0 Å². The zero-order valence-corrected chi connectivity index (χ0v) is 13.7. The van der Waals surface area contributed by atoms with Gasteiger partial charge in [0.25, 0.3) is 5.91 Å². The van der Waals surface area contributed by atoms with Crippen LogP contribution in [0.2, 0.25) is 0 Å². The standard InChI is InChI=1S/C18H26N2O3/c1-13-11-19-8-7-17(13)20-18(21)14-4-2-5-15(10-14)23-12-16-6-3-9-22-16/h2,4-5,10,13,16-17,19H,3,6-9,11-12H2,1H3,(H,20,21). The highest BCUT2D eigenvalue weighted by molar-refractivity contribution is 5.94. The first-order valence-electron chi connectivity index (χ1n) is 8.58. The molecule has 3 rings (SSSR count). The van der Waals surface area contributed by atoms with Crippen LogP contribution in [0.25, 0.3) is 0 Å². The molecule has 0 spiro atoms. The van der Waals surface area contributed by atoms with Crippen LogP contribution in [-0.2, 0) is 4.74 Å². The Labute approximate surface area is 137 Å². The van der Waals surface area contributed by atoms with Gasteiger partial charge in [0.2, 0.25) is 0 Å². The first-order valence-corrected chi connectivity index (χ1v) is 8.58. The molecule has 23 heavy (non-hydrogen) atoms. The van der Waals surface area contributed by atoms with E-state index in [1.807, 2.05) is 24.3 Å². The fourth-order valence-electron chi connectivity index (χ4n) is 3.17. The average Bonchev–Trinajstić information content (AvgIpc) is 3.09. The maximum Gasteiger partial charge on any atom is 0.251 e. The fraction of sp³-hybridized carbons (Fsp3) is 0.611. The highest BCUT2D eigenvalue weighted by Crippen LogP contribution is 2.18. The Hall–Kier alpha value is -1.59. The smallest absolute Gasteiger partial charge is 0.251 e. The predicted molar refractivity (Wildman–Crippen MR) is 88.8 cm³/mol. The summed E-state index contributed by atoms with van der Waals surface area (Å²) in [6.45, 7) is 5.45. The van der Waals surface area contributed by atoms with Crippen LogP contribution in [0, 0.1) is 5.92 Å². The molecule has 1 aromatic rings. The van der Waals surface area contributed by atoms with E-state index in [9.17, 15) is 4.79 Å². The molecule has 2 N–H and O–H groups in total. The highest BCUT2D eigenvalue weighted by atomic mass is 16.5. The largest absolute Gasteiger partial charge is 0.491 e. The van der Waals surface area contributed by atoms with Gasteiger partial charge in [0.1, 0.15) is 12.4 Å². The molecular formula is C18H26N2O3. The van der Waals surface area contributed by atoms with Gasteiger partial charge in [0.15, 0.2) is 0 Å². The summed E-state index contributed by atoms with van der Waals surface area (Å²) in [6.07, 6.45) is 3.31. The Morgan fingerprint density at radius 3 is 3.13 bits per heavy atom. The molecule has 0 radical (unpaired) electrons. The molecule has 0 saturated carbocycles. The first-order chi connectivity index (χ1) is 11.2. The molecule has 0 bridgehead atoms. The third-order valence-corrected chi connectivity index (χ3v) is 4.66. The number of rotatable bonds is 5. The second kappa shape index (κ2) is 7.79. The van der Waals surface area contributed by atoms with Gasteiger partial charge in [0, 0.05) is 18.2 Å². The van der Waals surface area contributed by atoms with Crippen LogP contribution in [0.4, 0.5) is 0 Å². The average molecular weight is 318 g/mol. The zero-order chi connectivity index (χ0) is 16.1.